The minimum Gasteiger partial charge on any atom is -0.450 e. The van der Waals surface area contributed by atoms with Crippen molar-refractivity contribution in [2.45, 2.75) is 30.1 Å². The SMILES string of the molecule is O=C(O)OC1CCOC(NS(=O)(=O)c2ccccc2Br)C1. The highest BCUT2D eigenvalue weighted by molar-refractivity contribution is 9.10. The normalized spacial score (nSPS) is 22.7. The number of nitrogens with one attached hydrogen (secondary N) is 1. The molecular weight excluding hydrogens is 366 g/mol. The minimum absolute atomic E-state index is 0.0925. The summed E-state index contributed by atoms with van der Waals surface area (Å²) in [6.07, 6.45) is -2.24. The zero-order chi connectivity index (χ0) is 15.5. The highest BCUT2D eigenvalue weighted by Crippen LogP contribution is 2.23. The summed E-state index contributed by atoms with van der Waals surface area (Å²) < 4.78 is 37.3. The lowest BCUT2D eigenvalue weighted by atomic mass is 10.1. The molecule has 1 aromatic carbocycles. The monoisotopic (exact) mass is 379 g/mol. The van der Waals surface area contributed by atoms with E-state index in [0.717, 1.165) is 0 Å². The van der Waals surface area contributed by atoms with Crippen LogP contribution in [0.5, 0.6) is 0 Å². The standard InChI is InChI=1S/C12H14BrNO6S/c13-9-3-1-2-4-10(9)21(17,18)14-11-7-8(5-6-19-11)20-12(15)16/h1-4,8,11,14H,5-7H2,(H,15,16). The molecule has 1 fully saturated rings. The molecule has 116 valence electrons. The van der Waals surface area contributed by atoms with Crippen LogP contribution < -0.4 is 4.72 Å². The third kappa shape index (κ3) is 4.40. The van der Waals surface area contributed by atoms with Crippen LogP contribution in [0.15, 0.2) is 33.6 Å². The molecule has 0 aliphatic carbocycles. The summed E-state index contributed by atoms with van der Waals surface area (Å²) in [6, 6.07) is 6.39. The van der Waals surface area contributed by atoms with Crippen LogP contribution in [-0.4, -0.2) is 38.6 Å². The van der Waals surface area contributed by atoms with Crippen LogP contribution in [0.1, 0.15) is 12.8 Å². The van der Waals surface area contributed by atoms with Gasteiger partial charge >= 0.3 is 6.16 Å². The summed E-state index contributed by atoms with van der Waals surface area (Å²) in [5, 5.41) is 8.59. The van der Waals surface area contributed by atoms with E-state index in [1.807, 2.05) is 0 Å². The molecule has 21 heavy (non-hydrogen) atoms. The van der Waals surface area contributed by atoms with Gasteiger partial charge < -0.3 is 14.6 Å². The van der Waals surface area contributed by atoms with Gasteiger partial charge in [0.05, 0.1) is 11.5 Å². The van der Waals surface area contributed by atoms with E-state index in [1.54, 1.807) is 18.2 Å². The second kappa shape index (κ2) is 6.73. The Morgan fingerprint density at radius 2 is 2.14 bits per heavy atom. The van der Waals surface area contributed by atoms with Crippen molar-refractivity contribution in [2.24, 2.45) is 0 Å². The van der Waals surface area contributed by atoms with E-state index in [9.17, 15) is 13.2 Å². The third-order valence-corrected chi connectivity index (χ3v) is 5.38. The molecule has 1 aliphatic rings. The molecule has 2 N–H and O–H groups in total. The molecule has 0 spiro atoms. The number of rotatable bonds is 4. The first-order chi connectivity index (χ1) is 9.88. The van der Waals surface area contributed by atoms with Crippen LogP contribution in [-0.2, 0) is 19.5 Å². The van der Waals surface area contributed by atoms with Gasteiger partial charge in [-0.15, -0.1) is 0 Å². The molecule has 9 heteroatoms. The number of sulfonamides is 1. The Bertz CT molecular complexity index is 620. The van der Waals surface area contributed by atoms with Crippen LogP contribution in [0.4, 0.5) is 4.79 Å². The molecule has 1 heterocycles. The van der Waals surface area contributed by atoms with Gasteiger partial charge in [-0.3, -0.25) is 0 Å². The lowest BCUT2D eigenvalue weighted by molar-refractivity contribution is -0.0612. The quantitative estimate of drug-likeness (QED) is 0.774. The molecule has 2 atom stereocenters. The number of hydrogen-bond donors (Lipinski definition) is 2. The maximum Gasteiger partial charge on any atom is 0.506 e. The Kier molecular flexibility index (Phi) is 5.20. The summed E-state index contributed by atoms with van der Waals surface area (Å²) in [4.78, 5) is 10.6. The van der Waals surface area contributed by atoms with E-state index in [1.165, 1.54) is 6.07 Å². The van der Waals surface area contributed by atoms with Crippen LogP contribution in [0.25, 0.3) is 0 Å². The van der Waals surface area contributed by atoms with Gasteiger partial charge in [-0.05, 0) is 28.1 Å². The molecule has 0 saturated carbocycles. The van der Waals surface area contributed by atoms with E-state index in [-0.39, 0.29) is 17.9 Å². The van der Waals surface area contributed by atoms with Crippen LogP contribution in [0.2, 0.25) is 0 Å². The van der Waals surface area contributed by atoms with E-state index >= 15 is 0 Å². The fourth-order valence-electron chi connectivity index (χ4n) is 2.00. The number of hydrogen-bond acceptors (Lipinski definition) is 5. The Morgan fingerprint density at radius 3 is 2.81 bits per heavy atom. The first-order valence-corrected chi connectivity index (χ1v) is 8.44. The third-order valence-electron chi connectivity index (χ3n) is 2.92. The summed E-state index contributed by atoms with van der Waals surface area (Å²) in [5.41, 5.74) is 0. The zero-order valence-corrected chi connectivity index (χ0v) is 13.3. The molecular formula is C12H14BrNO6S. The predicted molar refractivity (Wildman–Crippen MR) is 76.3 cm³/mol. The molecule has 0 radical (unpaired) electrons. The summed E-state index contributed by atoms with van der Waals surface area (Å²) in [7, 11) is -3.77. The molecule has 2 rings (SSSR count). The van der Waals surface area contributed by atoms with E-state index < -0.39 is 28.5 Å². The van der Waals surface area contributed by atoms with Gasteiger partial charge in [0.15, 0.2) is 0 Å². The number of carbonyl (C=O) groups is 1. The zero-order valence-electron chi connectivity index (χ0n) is 10.9. The van der Waals surface area contributed by atoms with Crippen molar-refractivity contribution in [3.63, 3.8) is 0 Å². The maximum atomic E-state index is 12.3. The minimum atomic E-state index is -3.77. The van der Waals surface area contributed by atoms with Gasteiger partial charge in [0.2, 0.25) is 10.0 Å². The van der Waals surface area contributed by atoms with Crippen molar-refractivity contribution >= 4 is 32.1 Å². The highest BCUT2D eigenvalue weighted by Gasteiger charge is 2.29. The topological polar surface area (TPSA) is 102 Å². The van der Waals surface area contributed by atoms with Crippen molar-refractivity contribution in [1.82, 2.24) is 4.72 Å². The molecule has 1 aliphatic heterocycles. The van der Waals surface area contributed by atoms with Gasteiger partial charge in [-0.25, -0.2) is 13.2 Å². The summed E-state index contributed by atoms with van der Waals surface area (Å²) >= 11 is 3.18. The Morgan fingerprint density at radius 1 is 1.43 bits per heavy atom. The maximum absolute atomic E-state index is 12.3. The van der Waals surface area contributed by atoms with E-state index in [4.69, 9.17) is 9.84 Å². The first-order valence-electron chi connectivity index (χ1n) is 6.16. The van der Waals surface area contributed by atoms with Crippen molar-refractivity contribution in [3.8, 4) is 0 Å². The Hall–Kier alpha value is -1.16. The van der Waals surface area contributed by atoms with Crippen molar-refractivity contribution in [3.05, 3.63) is 28.7 Å². The Balaban J connectivity index is 2.07. The molecule has 7 nitrogen and oxygen atoms in total. The predicted octanol–water partition coefficient (Wildman–Crippen LogP) is 1.93. The van der Waals surface area contributed by atoms with Crippen LogP contribution in [0.3, 0.4) is 0 Å². The number of halogens is 1. The number of ether oxygens (including phenoxy) is 2. The average Bonchev–Trinajstić information content (AvgIpc) is 2.38. The van der Waals surface area contributed by atoms with E-state index in [0.29, 0.717) is 10.9 Å². The second-order valence-electron chi connectivity index (χ2n) is 4.44. The molecule has 2 unspecified atom stereocenters. The van der Waals surface area contributed by atoms with Gasteiger partial charge in [-0.1, -0.05) is 12.1 Å². The Labute approximate surface area is 130 Å². The molecule has 0 amide bonds. The fraction of sp³-hybridized carbons (Fsp3) is 0.417. The second-order valence-corrected chi connectivity index (χ2v) is 6.98. The molecule has 0 aromatic heterocycles. The summed E-state index contributed by atoms with van der Waals surface area (Å²) in [6.45, 7) is 0.223. The lowest BCUT2D eigenvalue weighted by Gasteiger charge is -2.28. The van der Waals surface area contributed by atoms with Gasteiger partial charge in [0.25, 0.3) is 0 Å². The molecule has 0 bridgehead atoms. The number of benzene rings is 1. The molecule has 1 aromatic rings. The van der Waals surface area contributed by atoms with Crippen LogP contribution in [0, 0.1) is 0 Å². The van der Waals surface area contributed by atoms with E-state index in [2.05, 4.69) is 25.4 Å². The molecule has 1 saturated heterocycles. The van der Waals surface area contributed by atoms with Crippen molar-refractivity contribution < 1.29 is 27.8 Å². The highest BCUT2D eigenvalue weighted by atomic mass is 79.9. The summed E-state index contributed by atoms with van der Waals surface area (Å²) in [5.74, 6) is 0. The average molecular weight is 380 g/mol. The van der Waals surface area contributed by atoms with Crippen molar-refractivity contribution in [2.75, 3.05) is 6.61 Å². The largest absolute Gasteiger partial charge is 0.506 e. The lowest BCUT2D eigenvalue weighted by Crippen LogP contribution is -2.43. The number of carboxylic acid groups (broad SMARTS) is 1. The fourth-order valence-corrected chi connectivity index (χ4v) is 4.14. The van der Waals surface area contributed by atoms with Gasteiger partial charge in [0, 0.05) is 17.3 Å². The smallest absolute Gasteiger partial charge is 0.450 e. The van der Waals surface area contributed by atoms with Gasteiger partial charge in [0.1, 0.15) is 12.3 Å². The first kappa shape index (κ1) is 16.2. The van der Waals surface area contributed by atoms with Crippen LogP contribution >= 0.6 is 15.9 Å². The van der Waals surface area contributed by atoms with Crippen molar-refractivity contribution in [1.29, 1.82) is 0 Å². The van der Waals surface area contributed by atoms with Gasteiger partial charge in [-0.2, -0.15) is 4.72 Å².